The molecule has 0 spiro atoms. The van der Waals surface area contributed by atoms with Gasteiger partial charge in [-0.1, -0.05) is 0 Å². The smallest absolute Gasteiger partial charge is 0.223 e. The van der Waals surface area contributed by atoms with Gasteiger partial charge in [-0.15, -0.1) is 0 Å². The van der Waals surface area contributed by atoms with E-state index in [0.29, 0.717) is 12.3 Å². The fourth-order valence-electron chi connectivity index (χ4n) is 2.66. The number of amides is 2. The van der Waals surface area contributed by atoms with Gasteiger partial charge in [0.1, 0.15) is 0 Å². The second-order valence-electron chi connectivity index (χ2n) is 5.19. The third-order valence-corrected chi connectivity index (χ3v) is 3.92. The van der Waals surface area contributed by atoms with Gasteiger partial charge in [0.15, 0.2) is 0 Å². The lowest BCUT2D eigenvalue weighted by atomic mass is 10.2. The molecule has 0 bridgehead atoms. The summed E-state index contributed by atoms with van der Waals surface area (Å²) in [6, 6.07) is 0. The van der Waals surface area contributed by atoms with Crippen molar-refractivity contribution in [3.63, 3.8) is 0 Å². The first kappa shape index (κ1) is 13.3. The molecule has 2 saturated heterocycles. The highest BCUT2D eigenvalue weighted by molar-refractivity contribution is 5.76. The summed E-state index contributed by atoms with van der Waals surface area (Å²) in [5.74, 6) is 0.448. The SMILES string of the molecule is CC(=O)N1CCN(CCC(=O)N2CCCC2)CC1. The van der Waals surface area contributed by atoms with Gasteiger partial charge in [-0.25, -0.2) is 0 Å². The maximum absolute atomic E-state index is 11.9. The Morgan fingerprint density at radius 2 is 1.50 bits per heavy atom. The Balaban J connectivity index is 1.65. The standard InChI is InChI=1S/C13H23N3O2/c1-12(17)15-10-8-14(9-11-15)7-4-13(18)16-5-2-3-6-16/h2-11H2,1H3. The largest absolute Gasteiger partial charge is 0.343 e. The molecule has 18 heavy (non-hydrogen) atoms. The molecular formula is C13H23N3O2. The van der Waals surface area contributed by atoms with E-state index in [1.54, 1.807) is 6.92 Å². The van der Waals surface area contributed by atoms with E-state index in [-0.39, 0.29) is 5.91 Å². The van der Waals surface area contributed by atoms with Gasteiger partial charge in [0, 0.05) is 59.2 Å². The van der Waals surface area contributed by atoms with Crippen LogP contribution in [0.25, 0.3) is 0 Å². The molecule has 0 aromatic carbocycles. The average molecular weight is 253 g/mol. The normalized spacial score (nSPS) is 21.4. The third kappa shape index (κ3) is 3.45. The Labute approximate surface area is 109 Å². The molecule has 0 aromatic heterocycles. The Bertz CT molecular complexity index is 305. The number of hydrogen-bond donors (Lipinski definition) is 0. The molecule has 0 saturated carbocycles. The van der Waals surface area contributed by atoms with Gasteiger partial charge in [0.25, 0.3) is 0 Å². The summed E-state index contributed by atoms with van der Waals surface area (Å²) in [6.07, 6.45) is 2.94. The number of carbonyl (C=O) groups excluding carboxylic acids is 2. The van der Waals surface area contributed by atoms with Gasteiger partial charge in [0.05, 0.1) is 0 Å². The van der Waals surface area contributed by atoms with Crippen molar-refractivity contribution in [1.82, 2.24) is 14.7 Å². The first-order valence-corrected chi connectivity index (χ1v) is 6.92. The zero-order valence-electron chi connectivity index (χ0n) is 11.2. The second kappa shape index (κ2) is 6.18. The van der Waals surface area contributed by atoms with Gasteiger partial charge in [-0.2, -0.15) is 0 Å². The molecule has 0 unspecified atom stereocenters. The molecular weight excluding hydrogens is 230 g/mol. The highest BCUT2D eigenvalue weighted by Gasteiger charge is 2.21. The Morgan fingerprint density at radius 3 is 2.06 bits per heavy atom. The van der Waals surface area contributed by atoms with Crippen molar-refractivity contribution in [3.8, 4) is 0 Å². The summed E-state index contributed by atoms with van der Waals surface area (Å²) in [7, 11) is 0. The van der Waals surface area contributed by atoms with E-state index in [2.05, 4.69) is 4.90 Å². The van der Waals surface area contributed by atoms with Gasteiger partial charge in [-0.3, -0.25) is 14.5 Å². The molecule has 0 aliphatic carbocycles. The summed E-state index contributed by atoms with van der Waals surface area (Å²) >= 11 is 0. The van der Waals surface area contributed by atoms with Crippen LogP contribution >= 0.6 is 0 Å². The Kier molecular flexibility index (Phi) is 4.58. The lowest BCUT2D eigenvalue weighted by Crippen LogP contribution is -2.48. The van der Waals surface area contributed by atoms with Crippen molar-refractivity contribution >= 4 is 11.8 Å². The van der Waals surface area contributed by atoms with E-state index in [1.807, 2.05) is 9.80 Å². The summed E-state index contributed by atoms with van der Waals surface area (Å²) in [5, 5.41) is 0. The molecule has 2 heterocycles. The molecule has 2 fully saturated rings. The molecule has 2 aliphatic heterocycles. The van der Waals surface area contributed by atoms with Crippen LogP contribution in [0.15, 0.2) is 0 Å². The average Bonchev–Trinajstić information content (AvgIpc) is 2.90. The van der Waals surface area contributed by atoms with Crippen molar-refractivity contribution in [2.75, 3.05) is 45.8 Å². The molecule has 0 atom stereocenters. The maximum Gasteiger partial charge on any atom is 0.223 e. The summed E-state index contributed by atoms with van der Waals surface area (Å²) in [4.78, 5) is 29.2. The summed E-state index contributed by atoms with van der Waals surface area (Å²) < 4.78 is 0. The second-order valence-corrected chi connectivity index (χ2v) is 5.19. The first-order chi connectivity index (χ1) is 8.66. The number of piperazine rings is 1. The van der Waals surface area contributed by atoms with Crippen molar-refractivity contribution in [1.29, 1.82) is 0 Å². The number of hydrogen-bond acceptors (Lipinski definition) is 3. The van der Waals surface area contributed by atoms with Gasteiger partial charge < -0.3 is 9.80 Å². The zero-order valence-corrected chi connectivity index (χ0v) is 11.2. The van der Waals surface area contributed by atoms with Gasteiger partial charge in [-0.05, 0) is 12.8 Å². The Hall–Kier alpha value is -1.10. The lowest BCUT2D eigenvalue weighted by Gasteiger charge is -2.34. The molecule has 2 rings (SSSR count). The molecule has 2 amide bonds. The molecule has 0 radical (unpaired) electrons. The van der Waals surface area contributed by atoms with Crippen molar-refractivity contribution in [3.05, 3.63) is 0 Å². The minimum absolute atomic E-state index is 0.155. The fraction of sp³-hybridized carbons (Fsp3) is 0.846. The van der Waals surface area contributed by atoms with E-state index in [1.165, 1.54) is 0 Å². The molecule has 2 aliphatic rings. The highest BCUT2D eigenvalue weighted by Crippen LogP contribution is 2.10. The first-order valence-electron chi connectivity index (χ1n) is 6.92. The van der Waals surface area contributed by atoms with Gasteiger partial charge >= 0.3 is 0 Å². The highest BCUT2D eigenvalue weighted by atomic mass is 16.2. The zero-order chi connectivity index (χ0) is 13.0. The fourth-order valence-corrected chi connectivity index (χ4v) is 2.66. The van der Waals surface area contributed by atoms with Crippen LogP contribution in [0.5, 0.6) is 0 Å². The van der Waals surface area contributed by atoms with Crippen LogP contribution < -0.4 is 0 Å². The number of carbonyl (C=O) groups is 2. The van der Waals surface area contributed by atoms with Crippen LogP contribution in [0, 0.1) is 0 Å². The summed E-state index contributed by atoms with van der Waals surface area (Å²) in [6.45, 7) is 7.72. The van der Waals surface area contributed by atoms with Crippen molar-refractivity contribution in [2.45, 2.75) is 26.2 Å². The predicted octanol–water partition coefficient (Wildman–Crippen LogP) is 0.163. The van der Waals surface area contributed by atoms with Crippen LogP contribution in [0.2, 0.25) is 0 Å². The minimum atomic E-state index is 0.155. The molecule has 0 aromatic rings. The summed E-state index contributed by atoms with van der Waals surface area (Å²) in [5.41, 5.74) is 0. The van der Waals surface area contributed by atoms with Crippen LogP contribution in [0.4, 0.5) is 0 Å². The Morgan fingerprint density at radius 1 is 0.889 bits per heavy atom. The van der Waals surface area contributed by atoms with Crippen LogP contribution in [0.3, 0.4) is 0 Å². The monoisotopic (exact) mass is 253 g/mol. The van der Waals surface area contributed by atoms with E-state index < -0.39 is 0 Å². The number of nitrogens with zero attached hydrogens (tertiary/aromatic N) is 3. The van der Waals surface area contributed by atoms with Crippen LogP contribution in [-0.2, 0) is 9.59 Å². The molecule has 102 valence electrons. The van der Waals surface area contributed by atoms with E-state index >= 15 is 0 Å². The topological polar surface area (TPSA) is 43.9 Å². The third-order valence-electron chi connectivity index (χ3n) is 3.92. The van der Waals surface area contributed by atoms with Crippen molar-refractivity contribution < 1.29 is 9.59 Å². The molecule has 5 heteroatoms. The quantitative estimate of drug-likeness (QED) is 0.720. The number of likely N-dealkylation sites (tertiary alicyclic amines) is 1. The van der Waals surface area contributed by atoms with Gasteiger partial charge in [0.2, 0.25) is 11.8 Å². The minimum Gasteiger partial charge on any atom is -0.343 e. The number of rotatable bonds is 3. The van der Waals surface area contributed by atoms with E-state index in [0.717, 1.165) is 58.7 Å². The van der Waals surface area contributed by atoms with Crippen LogP contribution in [0.1, 0.15) is 26.2 Å². The molecule has 5 nitrogen and oxygen atoms in total. The molecule has 0 N–H and O–H groups in total. The van der Waals surface area contributed by atoms with E-state index in [9.17, 15) is 9.59 Å². The van der Waals surface area contributed by atoms with Crippen LogP contribution in [-0.4, -0.2) is 72.3 Å². The van der Waals surface area contributed by atoms with E-state index in [4.69, 9.17) is 0 Å². The van der Waals surface area contributed by atoms with Crippen molar-refractivity contribution in [2.24, 2.45) is 0 Å². The lowest BCUT2D eigenvalue weighted by molar-refractivity contribution is -0.132. The maximum atomic E-state index is 11.9. The predicted molar refractivity (Wildman–Crippen MR) is 69.1 cm³/mol.